The zero-order valence-electron chi connectivity index (χ0n) is 15.6. The Kier molecular flexibility index (Phi) is 6.45. The molecule has 3 aromatic rings. The molecule has 1 N–H and O–H groups in total. The van der Waals surface area contributed by atoms with Crippen molar-refractivity contribution in [1.82, 2.24) is 4.98 Å². The number of hydrogen-bond donors (Lipinski definition) is 1. The van der Waals surface area contributed by atoms with E-state index in [1.165, 1.54) is 18.2 Å². The summed E-state index contributed by atoms with van der Waals surface area (Å²) in [7, 11) is -3.98. The van der Waals surface area contributed by atoms with Crippen LogP contribution >= 0.6 is 11.3 Å². The Bertz CT molecular complexity index is 1100. The highest BCUT2D eigenvalue weighted by molar-refractivity contribution is 7.93. The minimum Gasteiger partial charge on any atom is -0.494 e. The molecule has 1 heterocycles. The fourth-order valence-electron chi connectivity index (χ4n) is 2.45. The summed E-state index contributed by atoms with van der Waals surface area (Å²) in [6.07, 6.45) is 2.05. The minimum atomic E-state index is -3.98. The lowest BCUT2D eigenvalue weighted by Gasteiger charge is -2.06. The number of ether oxygens (including phenoxy) is 1. The van der Waals surface area contributed by atoms with Gasteiger partial charge in [0.15, 0.2) is 5.13 Å². The highest BCUT2D eigenvalue weighted by Gasteiger charge is 2.19. The summed E-state index contributed by atoms with van der Waals surface area (Å²) in [5.74, 6) is 0.768. The molecule has 0 aliphatic heterocycles. The van der Waals surface area contributed by atoms with Gasteiger partial charge in [0.1, 0.15) is 5.75 Å². The largest absolute Gasteiger partial charge is 0.494 e. The molecule has 29 heavy (non-hydrogen) atoms. The van der Waals surface area contributed by atoms with E-state index in [2.05, 4.69) is 16.6 Å². The van der Waals surface area contributed by atoms with Crippen LogP contribution in [0.25, 0.3) is 11.3 Å². The molecule has 0 saturated carbocycles. The van der Waals surface area contributed by atoms with Gasteiger partial charge < -0.3 is 4.74 Å². The Morgan fingerprint density at radius 3 is 2.66 bits per heavy atom. The maximum Gasteiger partial charge on any atom is 0.270 e. The molecule has 0 radical (unpaired) electrons. The van der Waals surface area contributed by atoms with Crippen molar-refractivity contribution in [1.29, 1.82) is 0 Å². The molecule has 0 atom stereocenters. The Hall–Kier alpha value is -2.98. The predicted molar refractivity (Wildman–Crippen MR) is 112 cm³/mol. The van der Waals surface area contributed by atoms with Crippen LogP contribution in [0.15, 0.2) is 58.8 Å². The van der Waals surface area contributed by atoms with Crippen LogP contribution in [0.3, 0.4) is 0 Å². The van der Waals surface area contributed by atoms with E-state index in [0.717, 1.165) is 41.6 Å². The molecule has 1 aromatic heterocycles. The third kappa shape index (κ3) is 5.30. The number of non-ortho nitro benzene ring substituents is 1. The van der Waals surface area contributed by atoms with Crippen LogP contribution in [0.5, 0.6) is 5.75 Å². The number of aromatic nitrogens is 1. The molecule has 152 valence electrons. The molecule has 0 fully saturated rings. The van der Waals surface area contributed by atoms with Gasteiger partial charge in [-0.2, -0.15) is 0 Å². The van der Waals surface area contributed by atoms with E-state index in [0.29, 0.717) is 12.3 Å². The second kappa shape index (κ2) is 9.01. The summed E-state index contributed by atoms with van der Waals surface area (Å²) in [6, 6.07) is 12.3. The van der Waals surface area contributed by atoms with E-state index in [9.17, 15) is 18.5 Å². The Labute approximate surface area is 172 Å². The first-order chi connectivity index (χ1) is 13.9. The monoisotopic (exact) mass is 433 g/mol. The first-order valence-electron chi connectivity index (χ1n) is 8.85. The van der Waals surface area contributed by atoms with E-state index >= 15 is 0 Å². The number of anilines is 1. The number of benzene rings is 2. The van der Waals surface area contributed by atoms with Gasteiger partial charge in [0, 0.05) is 23.1 Å². The third-order valence-electron chi connectivity index (χ3n) is 3.98. The summed E-state index contributed by atoms with van der Waals surface area (Å²) < 4.78 is 33.0. The van der Waals surface area contributed by atoms with Crippen LogP contribution in [-0.2, 0) is 10.0 Å². The SMILES string of the molecule is CCCCOc1ccc(-c2csc(NS(=O)(=O)c3cccc([N+](=O)[O-])c3)n2)cc1. The lowest BCUT2D eigenvalue weighted by molar-refractivity contribution is -0.385. The van der Waals surface area contributed by atoms with Crippen molar-refractivity contribution in [3.63, 3.8) is 0 Å². The Morgan fingerprint density at radius 2 is 1.97 bits per heavy atom. The van der Waals surface area contributed by atoms with E-state index in [1.807, 2.05) is 24.3 Å². The van der Waals surface area contributed by atoms with E-state index < -0.39 is 14.9 Å². The Balaban J connectivity index is 1.73. The lowest BCUT2D eigenvalue weighted by atomic mass is 10.2. The summed E-state index contributed by atoms with van der Waals surface area (Å²) >= 11 is 1.13. The number of nitro groups is 1. The van der Waals surface area contributed by atoms with Crippen LogP contribution < -0.4 is 9.46 Å². The summed E-state index contributed by atoms with van der Waals surface area (Å²) in [5.41, 5.74) is 1.14. The van der Waals surface area contributed by atoms with Gasteiger partial charge in [-0.3, -0.25) is 14.8 Å². The van der Waals surface area contributed by atoms with Gasteiger partial charge in [-0.05, 0) is 36.8 Å². The third-order valence-corrected chi connectivity index (χ3v) is 6.20. The molecule has 3 rings (SSSR count). The van der Waals surface area contributed by atoms with Crippen molar-refractivity contribution in [3.8, 4) is 17.0 Å². The number of sulfonamides is 1. The van der Waals surface area contributed by atoms with Crippen molar-refractivity contribution in [2.75, 3.05) is 11.3 Å². The number of nitro benzene ring substituents is 1. The molecule has 2 aromatic carbocycles. The van der Waals surface area contributed by atoms with Crippen LogP contribution in [0, 0.1) is 10.1 Å². The number of unbranched alkanes of at least 4 members (excludes halogenated alkanes) is 1. The lowest BCUT2D eigenvalue weighted by Crippen LogP contribution is -2.13. The van der Waals surface area contributed by atoms with Gasteiger partial charge >= 0.3 is 0 Å². The second-order valence-corrected chi connectivity index (χ2v) is 8.66. The topological polar surface area (TPSA) is 111 Å². The molecule has 0 saturated heterocycles. The average Bonchev–Trinajstić information content (AvgIpc) is 3.16. The highest BCUT2D eigenvalue weighted by Crippen LogP contribution is 2.28. The molecule has 0 amide bonds. The first kappa shape index (κ1) is 20.7. The predicted octanol–water partition coefficient (Wildman–Crippen LogP) is 4.70. The molecule has 0 spiro atoms. The number of hydrogen-bond acceptors (Lipinski definition) is 7. The van der Waals surface area contributed by atoms with Gasteiger partial charge in [-0.1, -0.05) is 19.4 Å². The fourth-order valence-corrected chi connectivity index (χ4v) is 4.46. The summed E-state index contributed by atoms with van der Waals surface area (Å²) in [6.45, 7) is 2.76. The maximum absolute atomic E-state index is 12.5. The summed E-state index contributed by atoms with van der Waals surface area (Å²) in [5, 5.41) is 12.8. The molecular formula is C19H19N3O5S2. The number of nitrogens with one attached hydrogen (secondary N) is 1. The highest BCUT2D eigenvalue weighted by atomic mass is 32.2. The smallest absolute Gasteiger partial charge is 0.270 e. The van der Waals surface area contributed by atoms with Crippen molar-refractivity contribution in [2.45, 2.75) is 24.7 Å². The molecule has 10 heteroatoms. The van der Waals surface area contributed by atoms with Crippen molar-refractivity contribution in [3.05, 3.63) is 64.0 Å². The van der Waals surface area contributed by atoms with Gasteiger partial charge in [0.05, 0.1) is 22.1 Å². The number of nitrogens with zero attached hydrogens (tertiary/aromatic N) is 2. The minimum absolute atomic E-state index is 0.176. The Morgan fingerprint density at radius 1 is 1.21 bits per heavy atom. The number of rotatable bonds is 9. The van der Waals surface area contributed by atoms with Crippen molar-refractivity contribution < 1.29 is 18.1 Å². The molecule has 0 bridgehead atoms. The molecule has 0 aliphatic rings. The van der Waals surface area contributed by atoms with Crippen LogP contribution in [0.2, 0.25) is 0 Å². The maximum atomic E-state index is 12.5. The van der Waals surface area contributed by atoms with Gasteiger partial charge in [-0.25, -0.2) is 13.4 Å². The van der Waals surface area contributed by atoms with Gasteiger partial charge in [-0.15, -0.1) is 11.3 Å². The van der Waals surface area contributed by atoms with Crippen LogP contribution in [0.1, 0.15) is 19.8 Å². The van der Waals surface area contributed by atoms with Crippen molar-refractivity contribution >= 4 is 32.2 Å². The standard InChI is InChI=1S/C19H19N3O5S2/c1-2-3-11-27-16-9-7-14(8-10-16)18-13-28-19(20-18)21-29(25,26)17-6-4-5-15(12-17)22(23)24/h4-10,12-13H,2-3,11H2,1H3,(H,20,21). The quantitative estimate of drug-likeness (QED) is 0.297. The second-order valence-electron chi connectivity index (χ2n) is 6.12. The fraction of sp³-hybridized carbons (Fsp3) is 0.211. The van der Waals surface area contributed by atoms with E-state index in [-0.39, 0.29) is 15.7 Å². The molecule has 0 aliphatic carbocycles. The average molecular weight is 434 g/mol. The van der Waals surface area contributed by atoms with Crippen LogP contribution in [0.4, 0.5) is 10.8 Å². The summed E-state index contributed by atoms with van der Waals surface area (Å²) in [4.78, 5) is 14.3. The molecule has 8 nitrogen and oxygen atoms in total. The molecule has 0 unspecified atom stereocenters. The first-order valence-corrected chi connectivity index (χ1v) is 11.2. The molecular weight excluding hydrogens is 414 g/mol. The zero-order valence-corrected chi connectivity index (χ0v) is 17.2. The zero-order chi connectivity index (χ0) is 20.9. The number of thiazole rings is 1. The normalized spacial score (nSPS) is 11.2. The van der Waals surface area contributed by atoms with Gasteiger partial charge in [0.2, 0.25) is 0 Å². The van der Waals surface area contributed by atoms with Gasteiger partial charge in [0.25, 0.3) is 15.7 Å². The van der Waals surface area contributed by atoms with Crippen molar-refractivity contribution in [2.24, 2.45) is 0 Å². The van der Waals surface area contributed by atoms with E-state index in [4.69, 9.17) is 4.74 Å². The van der Waals surface area contributed by atoms with Crippen LogP contribution in [-0.4, -0.2) is 24.9 Å². The van der Waals surface area contributed by atoms with E-state index in [1.54, 1.807) is 5.38 Å².